The van der Waals surface area contributed by atoms with Crippen molar-refractivity contribution < 1.29 is 129 Å². The number of nitrogens with one attached hydrogen (secondary N) is 2. The summed E-state index contributed by atoms with van der Waals surface area (Å²) in [7, 11) is 0. The second-order valence-electron chi connectivity index (χ2n) is 11.7. The zero-order chi connectivity index (χ0) is 36.1. The van der Waals surface area contributed by atoms with Crippen LogP contribution in [0.4, 0.5) is 21.6 Å². The minimum Gasteiger partial charge on any atom is -1.00 e. The zero-order valence-electron chi connectivity index (χ0n) is 31.1. The van der Waals surface area contributed by atoms with Crippen LogP contribution in [-0.4, -0.2) is 54.1 Å². The number of aryl methyl sites for hydroxylation is 2. The fourth-order valence-electron chi connectivity index (χ4n) is 6.03. The van der Waals surface area contributed by atoms with Crippen molar-refractivity contribution in [2.45, 2.75) is 32.1 Å². The third-order valence-corrected chi connectivity index (χ3v) is 10.3. The molecule has 0 unspecified atom stereocenters. The topological polar surface area (TPSA) is 152 Å². The van der Waals surface area contributed by atoms with Gasteiger partial charge >= 0.3 is 103 Å². The van der Waals surface area contributed by atoms with E-state index in [1.165, 1.54) is 11.1 Å². The second kappa shape index (κ2) is 23.0. The maximum absolute atomic E-state index is 12.6. The Bertz CT molecular complexity index is 2120. The van der Waals surface area contributed by atoms with Gasteiger partial charge in [-0.05, 0) is 73.2 Å². The van der Waals surface area contributed by atoms with Crippen molar-refractivity contribution in [2.24, 2.45) is 5.10 Å². The van der Waals surface area contributed by atoms with Crippen molar-refractivity contribution in [3.05, 3.63) is 108 Å². The number of fused-ring (bicyclic) bond motifs is 4. The number of thiazole rings is 2. The zero-order valence-corrected chi connectivity index (χ0v) is 38.0. The number of amides is 2. The van der Waals surface area contributed by atoms with E-state index in [2.05, 4.69) is 42.8 Å². The normalized spacial score (nSPS) is 12.8. The molecule has 0 fully saturated rings. The van der Waals surface area contributed by atoms with Crippen molar-refractivity contribution in [2.75, 3.05) is 40.2 Å². The van der Waals surface area contributed by atoms with E-state index in [1.807, 2.05) is 94.7 Å². The standard InChI is InChI=1S/C19H18N4OS.C18H17N3OS.CH2O3.2K.H/c24-18(23-13-5-7-14-6-1-3-9-16(14)23)11-12-20-22-19-21-15-8-2-4-10-17(15)25-19;22-17(21-11-5-7-13-6-1-3-9-15(13)21)12-19-18-20-14-8-2-4-10-16(14)23-18;2-1-4-3;;;/h1-4,6,8-10,12H,5,7,11,13H2,(H,21,22);1-4,6,8-10H,5,7,11-12H2,(H,19,20);1,3H;;;/q;;;2*+1;-1/p-1/b20-12-;;;;;. The van der Waals surface area contributed by atoms with Crippen molar-refractivity contribution in [1.82, 2.24) is 9.97 Å². The summed E-state index contributed by atoms with van der Waals surface area (Å²) in [6.45, 7) is 1.65. The van der Waals surface area contributed by atoms with E-state index in [4.69, 9.17) is 10.1 Å². The Morgan fingerprint density at radius 3 is 1.80 bits per heavy atom. The van der Waals surface area contributed by atoms with Gasteiger partial charge < -0.3 is 26.7 Å². The molecule has 0 atom stereocenters. The van der Waals surface area contributed by atoms with Crippen LogP contribution < -0.4 is 129 Å². The van der Waals surface area contributed by atoms with Crippen LogP contribution in [-0.2, 0) is 32.1 Å². The molecule has 54 heavy (non-hydrogen) atoms. The van der Waals surface area contributed by atoms with Crippen molar-refractivity contribution in [3.63, 3.8) is 0 Å². The van der Waals surface area contributed by atoms with Crippen molar-refractivity contribution >= 4 is 89.2 Å². The molecule has 4 aromatic carbocycles. The van der Waals surface area contributed by atoms with Crippen LogP contribution in [0.3, 0.4) is 0 Å². The maximum Gasteiger partial charge on any atom is 1.00 e. The summed E-state index contributed by atoms with van der Waals surface area (Å²) in [6, 6.07) is 32.2. The van der Waals surface area contributed by atoms with Gasteiger partial charge in [-0.25, -0.2) is 9.97 Å². The molecule has 2 aromatic heterocycles. The number of carbonyl (C=O) groups is 3. The molecule has 0 bridgehead atoms. The molecular weight excluding hydrogens is 777 g/mol. The summed E-state index contributed by atoms with van der Waals surface area (Å²) >= 11 is 3.12. The Labute approximate surface area is 407 Å². The third kappa shape index (κ3) is 12.0. The Hall–Kier alpha value is -2.43. The summed E-state index contributed by atoms with van der Waals surface area (Å²) in [6.07, 6.45) is 5.99. The number of hydrazone groups is 1. The predicted molar refractivity (Wildman–Crippen MR) is 207 cm³/mol. The first-order valence-corrected chi connectivity index (χ1v) is 18.4. The fourth-order valence-corrected chi connectivity index (χ4v) is 7.71. The summed E-state index contributed by atoms with van der Waals surface area (Å²) < 4.78 is 2.24. The summed E-state index contributed by atoms with van der Waals surface area (Å²) in [5, 5.41) is 17.3. The van der Waals surface area contributed by atoms with Crippen molar-refractivity contribution in [1.29, 1.82) is 0 Å². The summed E-state index contributed by atoms with van der Waals surface area (Å²) in [5.41, 5.74) is 9.42. The summed E-state index contributed by atoms with van der Waals surface area (Å²) in [5.74, 6) is 0.165. The molecule has 12 nitrogen and oxygen atoms in total. The van der Waals surface area contributed by atoms with Crippen LogP contribution in [0, 0.1) is 0 Å². The average molecular weight is 814 g/mol. The number of rotatable bonds is 8. The number of anilines is 4. The van der Waals surface area contributed by atoms with E-state index in [0.29, 0.717) is 0 Å². The first-order valence-electron chi connectivity index (χ1n) is 16.8. The molecule has 2 amide bonds. The van der Waals surface area contributed by atoms with E-state index in [1.54, 1.807) is 28.9 Å². The Balaban J connectivity index is 0.000000257. The molecule has 2 aliphatic heterocycles. The molecule has 0 saturated heterocycles. The van der Waals surface area contributed by atoms with Gasteiger partial charge in [-0.15, -0.1) is 0 Å². The summed E-state index contributed by atoms with van der Waals surface area (Å²) in [4.78, 5) is 49.1. The molecule has 0 radical (unpaired) electrons. The molecule has 2 aliphatic rings. The van der Waals surface area contributed by atoms with Gasteiger partial charge in [0.1, 0.15) is 0 Å². The number of hydrogen-bond acceptors (Lipinski definition) is 12. The number of carbonyl (C=O) groups excluding carboxylic acids is 3. The van der Waals surface area contributed by atoms with E-state index in [-0.39, 0.29) is 135 Å². The smallest absolute Gasteiger partial charge is 1.00 e. The van der Waals surface area contributed by atoms with Gasteiger partial charge in [0.15, 0.2) is 5.13 Å². The van der Waals surface area contributed by atoms with Crippen LogP contribution in [0.2, 0.25) is 0 Å². The number of para-hydroxylation sites is 4. The van der Waals surface area contributed by atoms with Gasteiger partial charge in [-0.2, -0.15) is 5.10 Å². The maximum atomic E-state index is 12.6. The van der Waals surface area contributed by atoms with Crippen LogP contribution >= 0.6 is 22.7 Å². The van der Waals surface area contributed by atoms with Gasteiger partial charge in [0.2, 0.25) is 16.9 Å². The van der Waals surface area contributed by atoms with Gasteiger partial charge in [-0.1, -0.05) is 83.3 Å². The minimum atomic E-state index is -0.181. The number of hydrogen-bond donors (Lipinski definition) is 2. The Morgan fingerprint density at radius 1 is 0.759 bits per heavy atom. The van der Waals surface area contributed by atoms with Gasteiger partial charge in [0, 0.05) is 30.7 Å². The van der Waals surface area contributed by atoms with E-state index < -0.39 is 0 Å². The molecule has 8 rings (SSSR count). The Kier molecular flexibility index (Phi) is 18.8. The Morgan fingerprint density at radius 2 is 1.24 bits per heavy atom. The number of aromatic nitrogens is 2. The first-order chi connectivity index (χ1) is 25.5. The van der Waals surface area contributed by atoms with E-state index >= 15 is 0 Å². The van der Waals surface area contributed by atoms with Crippen LogP contribution in [0.5, 0.6) is 0 Å². The molecule has 0 aliphatic carbocycles. The van der Waals surface area contributed by atoms with Gasteiger partial charge in [-0.3, -0.25) is 19.8 Å². The number of nitrogens with zero attached hydrogens (tertiary/aromatic N) is 5. The molecule has 2 N–H and O–H groups in total. The van der Waals surface area contributed by atoms with Gasteiger partial charge in [0.25, 0.3) is 6.47 Å². The van der Waals surface area contributed by atoms with Crippen LogP contribution in [0.15, 0.2) is 102 Å². The van der Waals surface area contributed by atoms with Gasteiger partial charge in [0.05, 0.1) is 33.4 Å². The molecular formula is C38H37K2N7O5S2. The molecule has 6 aromatic rings. The van der Waals surface area contributed by atoms with Crippen LogP contribution in [0.1, 0.15) is 31.8 Å². The van der Waals surface area contributed by atoms with Crippen LogP contribution in [0.25, 0.3) is 20.4 Å². The predicted octanol–water partition coefficient (Wildman–Crippen LogP) is 0.306. The van der Waals surface area contributed by atoms with E-state index in [0.717, 1.165) is 80.8 Å². The first kappa shape index (κ1) is 44.3. The minimum absolute atomic E-state index is 0. The monoisotopic (exact) mass is 813 g/mol. The van der Waals surface area contributed by atoms with Crippen molar-refractivity contribution in [3.8, 4) is 0 Å². The third-order valence-electron chi connectivity index (χ3n) is 8.36. The second-order valence-corrected chi connectivity index (χ2v) is 13.8. The molecule has 0 spiro atoms. The van der Waals surface area contributed by atoms with E-state index in [9.17, 15) is 9.59 Å². The fraction of sp³-hybridized carbons (Fsp3) is 0.211. The SMILES string of the molecule is O=C(C/C=N\Nc1nc2ccccc2s1)N1CCCc2ccccc21.O=C(CNc1nc2ccccc2s1)N1CCCc2ccccc21.O=CO[O-].[H-].[K+].[K+]. The molecule has 16 heteroatoms. The molecule has 4 heterocycles. The number of benzene rings is 4. The molecule has 0 saturated carbocycles. The average Bonchev–Trinajstić information content (AvgIpc) is 3.82. The molecule has 268 valence electrons. The largest absolute Gasteiger partial charge is 1.00 e. The quantitative estimate of drug-likeness (QED) is 0.0728.